The van der Waals surface area contributed by atoms with E-state index < -0.39 is 18.0 Å². The second kappa shape index (κ2) is 6.05. The van der Waals surface area contributed by atoms with E-state index in [1.807, 2.05) is 18.2 Å². The van der Waals surface area contributed by atoms with E-state index in [2.05, 4.69) is 27.7 Å². The summed E-state index contributed by atoms with van der Waals surface area (Å²) in [7, 11) is 0. The highest BCUT2D eigenvalue weighted by molar-refractivity contribution is 6.05. The van der Waals surface area contributed by atoms with Gasteiger partial charge in [0.1, 0.15) is 6.04 Å². The van der Waals surface area contributed by atoms with Gasteiger partial charge >= 0.3 is 6.03 Å². The van der Waals surface area contributed by atoms with Gasteiger partial charge in [0.15, 0.2) is 0 Å². The number of carbonyl (C=O) groups is 3. The molecule has 2 N–H and O–H groups in total. The van der Waals surface area contributed by atoms with Crippen molar-refractivity contribution in [2.75, 3.05) is 31.1 Å². The van der Waals surface area contributed by atoms with Crippen LogP contribution in [0.5, 0.6) is 0 Å². The molecule has 2 aliphatic rings. The Morgan fingerprint density at radius 2 is 1.77 bits per heavy atom. The monoisotopic (exact) mass is 302 g/mol. The summed E-state index contributed by atoms with van der Waals surface area (Å²) in [5.41, 5.74) is 1.15. The average molecular weight is 302 g/mol. The van der Waals surface area contributed by atoms with Crippen molar-refractivity contribution in [3.05, 3.63) is 30.3 Å². The molecule has 116 valence electrons. The molecule has 4 amide bonds. The molecule has 1 atom stereocenters. The van der Waals surface area contributed by atoms with E-state index in [9.17, 15) is 14.4 Å². The third-order valence-electron chi connectivity index (χ3n) is 3.99. The van der Waals surface area contributed by atoms with Crippen LogP contribution >= 0.6 is 0 Å². The zero-order valence-corrected chi connectivity index (χ0v) is 12.1. The van der Waals surface area contributed by atoms with Crippen molar-refractivity contribution in [2.24, 2.45) is 0 Å². The van der Waals surface area contributed by atoms with Crippen LogP contribution in [0.15, 0.2) is 30.3 Å². The fourth-order valence-electron chi connectivity index (χ4n) is 2.76. The van der Waals surface area contributed by atoms with Gasteiger partial charge in [0.25, 0.3) is 5.91 Å². The van der Waals surface area contributed by atoms with Crippen LogP contribution in [0.1, 0.15) is 6.42 Å². The number of benzene rings is 1. The van der Waals surface area contributed by atoms with Crippen LogP contribution in [0.2, 0.25) is 0 Å². The molecular weight excluding hydrogens is 284 g/mol. The number of hydrogen-bond acceptors (Lipinski definition) is 4. The third kappa shape index (κ3) is 3.03. The molecule has 2 heterocycles. The van der Waals surface area contributed by atoms with E-state index in [-0.39, 0.29) is 12.3 Å². The summed E-state index contributed by atoms with van der Waals surface area (Å²) in [6.07, 6.45) is 0.0168. The summed E-state index contributed by atoms with van der Waals surface area (Å²) in [6.45, 7) is 2.77. The minimum atomic E-state index is -0.743. The number of anilines is 1. The lowest BCUT2D eigenvalue weighted by molar-refractivity contribution is -0.134. The standard InChI is InChI=1S/C15H18N4O3/c20-13(10-12-14(21)17-15(22)16-12)19-8-6-18(7-9-19)11-4-2-1-3-5-11/h1-5,12H,6-10H2,(H2,16,17,21,22)/t12-/m1/s1. The van der Waals surface area contributed by atoms with Gasteiger partial charge in [-0.25, -0.2) is 4.79 Å². The van der Waals surface area contributed by atoms with Crippen LogP contribution in [0.4, 0.5) is 10.5 Å². The maximum absolute atomic E-state index is 12.2. The first-order valence-corrected chi connectivity index (χ1v) is 7.32. The topological polar surface area (TPSA) is 81.8 Å². The predicted molar refractivity (Wildman–Crippen MR) is 80.3 cm³/mol. The second-order valence-corrected chi connectivity index (χ2v) is 5.42. The predicted octanol–water partition coefficient (Wildman–Crippen LogP) is -0.0667. The maximum Gasteiger partial charge on any atom is 0.322 e. The van der Waals surface area contributed by atoms with Crippen molar-refractivity contribution in [2.45, 2.75) is 12.5 Å². The largest absolute Gasteiger partial charge is 0.368 e. The summed E-state index contributed by atoms with van der Waals surface area (Å²) in [6, 6.07) is 8.79. The van der Waals surface area contributed by atoms with Gasteiger partial charge in [-0.05, 0) is 12.1 Å². The van der Waals surface area contributed by atoms with Crippen LogP contribution in [0.3, 0.4) is 0 Å². The quantitative estimate of drug-likeness (QED) is 0.766. The van der Waals surface area contributed by atoms with Gasteiger partial charge in [-0.1, -0.05) is 18.2 Å². The van der Waals surface area contributed by atoms with Gasteiger partial charge in [-0.15, -0.1) is 0 Å². The fraction of sp³-hybridized carbons (Fsp3) is 0.400. The zero-order chi connectivity index (χ0) is 15.5. The first-order valence-electron chi connectivity index (χ1n) is 7.32. The van der Waals surface area contributed by atoms with E-state index in [1.165, 1.54) is 0 Å². The van der Waals surface area contributed by atoms with Gasteiger partial charge in [0.05, 0.1) is 6.42 Å². The first-order chi connectivity index (χ1) is 10.6. The number of amides is 4. The molecule has 0 aliphatic carbocycles. The molecule has 2 aliphatic heterocycles. The highest BCUT2D eigenvalue weighted by Gasteiger charge is 2.33. The highest BCUT2D eigenvalue weighted by Crippen LogP contribution is 2.16. The number of hydrogen-bond donors (Lipinski definition) is 2. The molecule has 1 aromatic rings. The first kappa shape index (κ1) is 14.4. The number of piperazine rings is 1. The van der Waals surface area contributed by atoms with Crippen molar-refractivity contribution < 1.29 is 14.4 Å². The number of nitrogens with zero attached hydrogens (tertiary/aromatic N) is 2. The SMILES string of the molecule is O=C1NC(=O)[C@@H](CC(=O)N2CCN(c3ccccc3)CC2)N1. The normalized spacial score (nSPS) is 21.5. The molecule has 22 heavy (non-hydrogen) atoms. The number of carbonyl (C=O) groups excluding carboxylic acids is 3. The van der Waals surface area contributed by atoms with Gasteiger partial charge < -0.3 is 15.1 Å². The van der Waals surface area contributed by atoms with Gasteiger partial charge in [0, 0.05) is 31.9 Å². The van der Waals surface area contributed by atoms with Crippen molar-refractivity contribution in [1.82, 2.24) is 15.5 Å². The zero-order valence-electron chi connectivity index (χ0n) is 12.1. The Bertz CT molecular complexity index is 582. The molecule has 0 aromatic heterocycles. The Morgan fingerprint density at radius 3 is 2.36 bits per heavy atom. The van der Waals surface area contributed by atoms with E-state index in [1.54, 1.807) is 4.90 Å². The lowest BCUT2D eigenvalue weighted by atomic mass is 10.1. The number of nitrogens with one attached hydrogen (secondary N) is 2. The van der Waals surface area contributed by atoms with E-state index in [0.717, 1.165) is 18.8 Å². The molecule has 1 aromatic carbocycles. The Balaban J connectivity index is 1.52. The lowest BCUT2D eigenvalue weighted by Gasteiger charge is -2.36. The molecule has 0 unspecified atom stereocenters. The van der Waals surface area contributed by atoms with Crippen LogP contribution in [-0.4, -0.2) is 55.0 Å². The Kier molecular flexibility index (Phi) is 3.95. The van der Waals surface area contributed by atoms with Crippen LogP contribution in [0.25, 0.3) is 0 Å². The summed E-state index contributed by atoms with van der Waals surface area (Å²) in [4.78, 5) is 38.7. The summed E-state index contributed by atoms with van der Waals surface area (Å²) >= 11 is 0. The molecule has 7 heteroatoms. The second-order valence-electron chi connectivity index (χ2n) is 5.42. The summed E-state index contributed by atoms with van der Waals surface area (Å²) < 4.78 is 0. The molecule has 2 saturated heterocycles. The Hall–Kier alpha value is -2.57. The number of imide groups is 1. The van der Waals surface area contributed by atoms with Crippen LogP contribution < -0.4 is 15.5 Å². The third-order valence-corrected chi connectivity index (χ3v) is 3.99. The van der Waals surface area contributed by atoms with Gasteiger partial charge in [-0.2, -0.15) is 0 Å². The lowest BCUT2D eigenvalue weighted by Crippen LogP contribution is -2.50. The van der Waals surface area contributed by atoms with E-state index in [0.29, 0.717) is 13.1 Å². The van der Waals surface area contributed by atoms with Crippen molar-refractivity contribution in [3.8, 4) is 0 Å². The van der Waals surface area contributed by atoms with Crippen LogP contribution in [0, 0.1) is 0 Å². The Labute approximate surface area is 128 Å². The minimum Gasteiger partial charge on any atom is -0.368 e. The molecule has 0 saturated carbocycles. The highest BCUT2D eigenvalue weighted by atomic mass is 16.2. The molecule has 0 spiro atoms. The Morgan fingerprint density at radius 1 is 1.09 bits per heavy atom. The maximum atomic E-state index is 12.2. The van der Waals surface area contributed by atoms with E-state index in [4.69, 9.17) is 0 Å². The van der Waals surface area contributed by atoms with Crippen LogP contribution in [-0.2, 0) is 9.59 Å². The fourth-order valence-corrected chi connectivity index (χ4v) is 2.76. The number of rotatable bonds is 3. The van der Waals surface area contributed by atoms with E-state index >= 15 is 0 Å². The van der Waals surface area contributed by atoms with Gasteiger partial charge in [0.2, 0.25) is 5.91 Å². The number of urea groups is 1. The molecule has 2 fully saturated rings. The smallest absolute Gasteiger partial charge is 0.322 e. The van der Waals surface area contributed by atoms with Gasteiger partial charge in [-0.3, -0.25) is 14.9 Å². The van der Waals surface area contributed by atoms with Crippen molar-refractivity contribution in [3.63, 3.8) is 0 Å². The molecule has 0 bridgehead atoms. The number of para-hydroxylation sites is 1. The molecule has 0 radical (unpaired) electrons. The molecule has 3 rings (SSSR count). The molecule has 7 nitrogen and oxygen atoms in total. The average Bonchev–Trinajstić information content (AvgIpc) is 2.86. The minimum absolute atomic E-state index is 0.0168. The van der Waals surface area contributed by atoms with Crippen molar-refractivity contribution >= 4 is 23.5 Å². The van der Waals surface area contributed by atoms with Crippen molar-refractivity contribution in [1.29, 1.82) is 0 Å². The molecular formula is C15H18N4O3. The summed E-state index contributed by atoms with van der Waals surface area (Å²) in [5, 5.41) is 4.59. The summed E-state index contributed by atoms with van der Waals surface area (Å²) in [5.74, 6) is -0.531.